The van der Waals surface area contributed by atoms with Gasteiger partial charge in [0, 0.05) is 23.4 Å². The van der Waals surface area contributed by atoms with Crippen molar-refractivity contribution in [2.45, 2.75) is 0 Å². The Kier molecular flexibility index (Phi) is 4.01. The van der Waals surface area contributed by atoms with Gasteiger partial charge in [-0.3, -0.25) is 14.9 Å². The fourth-order valence-corrected chi connectivity index (χ4v) is 2.35. The molecular formula is C16H10ClN3O4. The molecule has 120 valence electrons. The van der Waals surface area contributed by atoms with Gasteiger partial charge in [-0.2, -0.15) is 5.10 Å². The van der Waals surface area contributed by atoms with Crippen molar-refractivity contribution < 1.29 is 14.8 Å². The largest absolute Gasteiger partial charge is 0.507 e. The van der Waals surface area contributed by atoms with Crippen LogP contribution in [-0.2, 0) is 0 Å². The van der Waals surface area contributed by atoms with Crippen LogP contribution >= 0.6 is 11.6 Å². The number of ketones is 1. The van der Waals surface area contributed by atoms with E-state index in [1.807, 2.05) is 0 Å². The summed E-state index contributed by atoms with van der Waals surface area (Å²) in [4.78, 5) is 22.8. The molecule has 0 unspecified atom stereocenters. The van der Waals surface area contributed by atoms with Gasteiger partial charge in [0.05, 0.1) is 27.9 Å². The smallest absolute Gasteiger partial charge is 0.271 e. The average molecular weight is 344 g/mol. The number of phenols is 1. The monoisotopic (exact) mass is 343 g/mol. The van der Waals surface area contributed by atoms with Crippen LogP contribution in [0, 0.1) is 10.1 Å². The third kappa shape index (κ3) is 2.97. The number of hydrogen-bond donors (Lipinski definition) is 1. The Labute approximate surface area is 140 Å². The molecule has 0 bridgehead atoms. The molecule has 2 aromatic carbocycles. The first kappa shape index (κ1) is 15.7. The zero-order valence-electron chi connectivity index (χ0n) is 12.1. The van der Waals surface area contributed by atoms with E-state index < -0.39 is 10.7 Å². The fraction of sp³-hybridized carbons (Fsp3) is 0. The Balaban J connectivity index is 1.96. The summed E-state index contributed by atoms with van der Waals surface area (Å²) in [7, 11) is 0. The minimum Gasteiger partial charge on any atom is -0.507 e. The number of nitrogens with zero attached hydrogens (tertiary/aromatic N) is 3. The highest BCUT2D eigenvalue weighted by Crippen LogP contribution is 2.24. The minimum absolute atomic E-state index is 0.0566. The van der Waals surface area contributed by atoms with Gasteiger partial charge >= 0.3 is 0 Å². The molecule has 0 fully saturated rings. The van der Waals surface area contributed by atoms with Crippen LogP contribution in [0.5, 0.6) is 5.75 Å². The zero-order chi connectivity index (χ0) is 17.3. The van der Waals surface area contributed by atoms with Gasteiger partial charge < -0.3 is 5.11 Å². The van der Waals surface area contributed by atoms with E-state index in [2.05, 4.69) is 5.10 Å². The van der Waals surface area contributed by atoms with Crippen LogP contribution in [0.2, 0.25) is 5.02 Å². The lowest BCUT2D eigenvalue weighted by Crippen LogP contribution is -2.01. The number of benzene rings is 2. The van der Waals surface area contributed by atoms with Crippen LogP contribution in [0.25, 0.3) is 5.69 Å². The summed E-state index contributed by atoms with van der Waals surface area (Å²) in [5.74, 6) is -0.640. The summed E-state index contributed by atoms with van der Waals surface area (Å²) in [6, 6.07) is 10.0. The zero-order valence-corrected chi connectivity index (χ0v) is 12.8. The van der Waals surface area contributed by atoms with Crippen LogP contribution in [0.4, 0.5) is 5.69 Å². The first-order chi connectivity index (χ1) is 11.5. The number of nitro benzene ring substituents is 1. The molecule has 3 rings (SSSR count). The number of carbonyl (C=O) groups excluding carboxylic acids is 1. The molecule has 3 aromatic rings. The van der Waals surface area contributed by atoms with Crippen molar-refractivity contribution in [3.8, 4) is 11.4 Å². The first-order valence-corrected chi connectivity index (χ1v) is 7.16. The van der Waals surface area contributed by atoms with Crippen molar-refractivity contribution >= 4 is 23.1 Å². The second kappa shape index (κ2) is 6.13. The van der Waals surface area contributed by atoms with E-state index in [-0.39, 0.29) is 22.6 Å². The molecule has 1 N–H and O–H groups in total. The highest BCUT2D eigenvalue weighted by Gasteiger charge is 2.17. The predicted molar refractivity (Wildman–Crippen MR) is 86.8 cm³/mol. The third-order valence-corrected chi connectivity index (χ3v) is 3.59. The van der Waals surface area contributed by atoms with Crippen molar-refractivity contribution in [2.75, 3.05) is 0 Å². The van der Waals surface area contributed by atoms with E-state index >= 15 is 0 Å². The summed E-state index contributed by atoms with van der Waals surface area (Å²) >= 11 is 5.85. The van der Waals surface area contributed by atoms with Gasteiger partial charge in [0.15, 0.2) is 5.78 Å². The van der Waals surface area contributed by atoms with Gasteiger partial charge in [-0.15, -0.1) is 0 Å². The quantitative estimate of drug-likeness (QED) is 0.445. The molecule has 0 saturated carbocycles. The Bertz CT molecular complexity index is 952. The molecule has 0 saturated heterocycles. The third-order valence-electron chi connectivity index (χ3n) is 3.35. The second-order valence-corrected chi connectivity index (χ2v) is 5.38. The molecule has 0 radical (unpaired) electrons. The molecule has 0 amide bonds. The molecule has 1 aromatic heterocycles. The van der Waals surface area contributed by atoms with E-state index in [0.717, 1.165) is 0 Å². The van der Waals surface area contributed by atoms with Crippen LogP contribution in [-0.4, -0.2) is 25.6 Å². The number of rotatable bonds is 4. The molecular weight excluding hydrogens is 334 g/mol. The number of phenolic OH excluding ortho intramolecular Hbond substituents is 1. The molecule has 0 aliphatic carbocycles. The summed E-state index contributed by atoms with van der Waals surface area (Å²) in [5, 5.41) is 25.0. The van der Waals surface area contributed by atoms with E-state index in [1.165, 1.54) is 53.5 Å². The number of carbonyl (C=O) groups is 1. The van der Waals surface area contributed by atoms with Gasteiger partial charge in [-0.1, -0.05) is 17.7 Å². The number of halogens is 1. The van der Waals surface area contributed by atoms with Gasteiger partial charge in [0.2, 0.25) is 0 Å². The maximum atomic E-state index is 12.5. The lowest BCUT2D eigenvalue weighted by atomic mass is 10.1. The average Bonchev–Trinajstić information content (AvgIpc) is 3.06. The Hall–Kier alpha value is -3.19. The number of hydrogen-bond acceptors (Lipinski definition) is 5. The standard InChI is InChI=1S/C16H10ClN3O4/c17-11-4-5-15(21)14(6-11)16(22)10-8-18-19(9-10)12-2-1-3-13(7-12)20(23)24/h1-9,21H. The SMILES string of the molecule is O=C(c1cnn(-c2cccc([N+](=O)[O-])c2)c1)c1cc(Cl)ccc1O. The molecule has 0 atom stereocenters. The van der Waals surface area contributed by atoms with Crippen molar-refractivity contribution in [3.05, 3.63) is 81.1 Å². The summed E-state index contributed by atoms with van der Waals surface area (Å²) in [6.07, 6.45) is 2.75. The normalized spacial score (nSPS) is 10.5. The number of aromatic hydroxyl groups is 1. The predicted octanol–water partition coefficient (Wildman–Crippen LogP) is 3.37. The van der Waals surface area contributed by atoms with Crippen LogP contribution < -0.4 is 0 Å². The lowest BCUT2D eigenvalue weighted by molar-refractivity contribution is -0.384. The summed E-state index contributed by atoms with van der Waals surface area (Å²) in [6.45, 7) is 0. The molecule has 0 aliphatic rings. The highest BCUT2D eigenvalue weighted by molar-refractivity contribution is 6.31. The maximum absolute atomic E-state index is 12.5. The van der Waals surface area contributed by atoms with Crippen molar-refractivity contribution in [1.82, 2.24) is 9.78 Å². The van der Waals surface area contributed by atoms with E-state index in [4.69, 9.17) is 11.6 Å². The molecule has 0 aliphatic heterocycles. The van der Waals surface area contributed by atoms with Crippen molar-refractivity contribution in [2.24, 2.45) is 0 Å². The van der Waals surface area contributed by atoms with E-state index in [1.54, 1.807) is 6.07 Å². The van der Waals surface area contributed by atoms with E-state index in [9.17, 15) is 20.0 Å². The molecule has 7 nitrogen and oxygen atoms in total. The Morgan fingerprint density at radius 1 is 1.25 bits per heavy atom. The molecule has 0 spiro atoms. The van der Waals surface area contributed by atoms with Crippen LogP contribution in [0.1, 0.15) is 15.9 Å². The molecule has 1 heterocycles. The van der Waals surface area contributed by atoms with Crippen molar-refractivity contribution in [3.63, 3.8) is 0 Å². The van der Waals surface area contributed by atoms with Crippen LogP contribution in [0.3, 0.4) is 0 Å². The Morgan fingerprint density at radius 2 is 2.04 bits per heavy atom. The lowest BCUT2D eigenvalue weighted by Gasteiger charge is -2.03. The maximum Gasteiger partial charge on any atom is 0.271 e. The van der Waals surface area contributed by atoms with Gasteiger partial charge in [0.1, 0.15) is 5.75 Å². The van der Waals surface area contributed by atoms with Gasteiger partial charge in [-0.05, 0) is 24.3 Å². The number of nitro groups is 1. The summed E-state index contributed by atoms with van der Waals surface area (Å²) in [5.41, 5.74) is 0.641. The number of aromatic nitrogens is 2. The van der Waals surface area contributed by atoms with Gasteiger partial charge in [-0.25, -0.2) is 4.68 Å². The minimum atomic E-state index is -0.511. The van der Waals surface area contributed by atoms with E-state index in [0.29, 0.717) is 10.7 Å². The van der Waals surface area contributed by atoms with Crippen molar-refractivity contribution in [1.29, 1.82) is 0 Å². The second-order valence-electron chi connectivity index (χ2n) is 4.94. The molecule has 8 heteroatoms. The first-order valence-electron chi connectivity index (χ1n) is 6.78. The topological polar surface area (TPSA) is 98.3 Å². The fourth-order valence-electron chi connectivity index (χ4n) is 2.18. The molecule has 24 heavy (non-hydrogen) atoms. The van der Waals surface area contributed by atoms with Crippen LogP contribution in [0.15, 0.2) is 54.9 Å². The Morgan fingerprint density at radius 3 is 2.79 bits per heavy atom. The number of non-ortho nitro benzene ring substituents is 1. The summed E-state index contributed by atoms with van der Waals surface area (Å²) < 4.78 is 1.35. The highest BCUT2D eigenvalue weighted by atomic mass is 35.5. The van der Waals surface area contributed by atoms with Gasteiger partial charge in [0.25, 0.3) is 5.69 Å².